The number of nitro groups is 1. The average Bonchev–Trinajstić information content (AvgIpc) is 2.62. The van der Waals surface area contributed by atoms with E-state index in [1.54, 1.807) is 38.1 Å². The predicted octanol–water partition coefficient (Wildman–Crippen LogP) is 4.09. The Bertz CT molecular complexity index is 853. The molecule has 0 N–H and O–H groups in total. The molecule has 0 heterocycles. The monoisotopic (exact) mass is 376 g/mol. The van der Waals surface area contributed by atoms with Crippen molar-refractivity contribution >= 4 is 34.9 Å². The lowest BCUT2D eigenvalue weighted by Crippen LogP contribution is -2.32. The molecule has 2 aromatic rings. The number of hydrogen-bond acceptors (Lipinski definition) is 5. The standard InChI is InChI=1S/C18H17ClN2O5/c1-3-20(16-8-6-5-7-14(16)18(23)26-4-2)17(22)13-10-9-12(21(24)25)11-15(13)19/h5-11H,3-4H2,1-2H3. The Kier molecular flexibility index (Phi) is 6.30. The molecule has 8 heteroatoms. The highest BCUT2D eigenvalue weighted by molar-refractivity contribution is 6.34. The number of rotatable bonds is 6. The van der Waals surface area contributed by atoms with Crippen molar-refractivity contribution in [2.45, 2.75) is 13.8 Å². The van der Waals surface area contributed by atoms with Crippen LogP contribution >= 0.6 is 11.6 Å². The van der Waals surface area contributed by atoms with E-state index in [1.165, 1.54) is 17.0 Å². The summed E-state index contributed by atoms with van der Waals surface area (Å²) in [4.78, 5) is 36.7. The zero-order valence-corrected chi connectivity index (χ0v) is 15.0. The van der Waals surface area contributed by atoms with Gasteiger partial charge in [0.2, 0.25) is 0 Å². The second-order valence-corrected chi connectivity index (χ2v) is 5.62. The normalized spacial score (nSPS) is 10.3. The molecule has 0 aromatic heterocycles. The third-order valence-electron chi connectivity index (χ3n) is 3.65. The Morgan fingerprint density at radius 3 is 2.42 bits per heavy atom. The third-order valence-corrected chi connectivity index (χ3v) is 3.96. The number of nitro benzene ring substituents is 1. The molecule has 2 aromatic carbocycles. The number of ether oxygens (including phenoxy) is 1. The van der Waals surface area contributed by atoms with Crippen LogP contribution in [0.1, 0.15) is 34.6 Å². The molecule has 2 rings (SSSR count). The number of carbonyl (C=O) groups is 2. The largest absolute Gasteiger partial charge is 0.462 e. The highest BCUT2D eigenvalue weighted by atomic mass is 35.5. The summed E-state index contributed by atoms with van der Waals surface area (Å²) in [6.45, 7) is 3.92. The first-order chi connectivity index (χ1) is 12.4. The van der Waals surface area contributed by atoms with Crippen LogP contribution in [0.15, 0.2) is 42.5 Å². The molecule has 0 aliphatic carbocycles. The van der Waals surface area contributed by atoms with Crippen LogP contribution in [0.4, 0.5) is 11.4 Å². The van der Waals surface area contributed by atoms with Gasteiger partial charge in [0.25, 0.3) is 11.6 Å². The van der Waals surface area contributed by atoms with Gasteiger partial charge >= 0.3 is 5.97 Å². The smallest absolute Gasteiger partial charge is 0.340 e. The molecule has 0 radical (unpaired) electrons. The van der Waals surface area contributed by atoms with Gasteiger partial charge in [-0.1, -0.05) is 23.7 Å². The lowest BCUT2D eigenvalue weighted by molar-refractivity contribution is -0.384. The molecule has 0 bridgehead atoms. The fraction of sp³-hybridized carbons (Fsp3) is 0.222. The second-order valence-electron chi connectivity index (χ2n) is 5.21. The summed E-state index contributed by atoms with van der Waals surface area (Å²) in [7, 11) is 0. The molecule has 1 amide bonds. The van der Waals surface area contributed by atoms with Crippen molar-refractivity contribution in [1.29, 1.82) is 0 Å². The van der Waals surface area contributed by atoms with Gasteiger partial charge < -0.3 is 9.64 Å². The maximum absolute atomic E-state index is 12.9. The van der Waals surface area contributed by atoms with Crippen LogP contribution in [0.3, 0.4) is 0 Å². The number of benzene rings is 2. The van der Waals surface area contributed by atoms with Crippen molar-refractivity contribution in [2.24, 2.45) is 0 Å². The number of para-hydroxylation sites is 1. The lowest BCUT2D eigenvalue weighted by atomic mass is 10.1. The van der Waals surface area contributed by atoms with Crippen molar-refractivity contribution < 1.29 is 19.2 Å². The van der Waals surface area contributed by atoms with Gasteiger partial charge in [-0.3, -0.25) is 14.9 Å². The minimum absolute atomic E-state index is 0.0312. The molecule has 0 spiro atoms. The van der Waals surface area contributed by atoms with Crippen LogP contribution in [-0.2, 0) is 4.74 Å². The molecule has 26 heavy (non-hydrogen) atoms. The summed E-state index contributed by atoms with van der Waals surface area (Å²) < 4.78 is 5.04. The van der Waals surface area contributed by atoms with Gasteiger partial charge in [0.15, 0.2) is 0 Å². The molecular formula is C18H17ClN2O5. The van der Waals surface area contributed by atoms with Gasteiger partial charge in [0, 0.05) is 18.7 Å². The van der Waals surface area contributed by atoms with E-state index in [0.717, 1.165) is 6.07 Å². The summed E-state index contributed by atoms with van der Waals surface area (Å²) in [5.41, 5.74) is 0.537. The Balaban J connectivity index is 2.45. The van der Waals surface area contributed by atoms with Gasteiger partial charge in [0.1, 0.15) is 0 Å². The maximum atomic E-state index is 12.9. The van der Waals surface area contributed by atoms with E-state index in [9.17, 15) is 19.7 Å². The van der Waals surface area contributed by atoms with Crippen molar-refractivity contribution in [1.82, 2.24) is 0 Å². The summed E-state index contributed by atoms with van der Waals surface area (Å²) in [6, 6.07) is 10.2. The van der Waals surface area contributed by atoms with E-state index in [4.69, 9.17) is 16.3 Å². The molecule has 0 fully saturated rings. The number of non-ortho nitro benzene ring substituents is 1. The van der Waals surface area contributed by atoms with Crippen LogP contribution in [0.25, 0.3) is 0 Å². The first-order valence-electron chi connectivity index (χ1n) is 7.92. The van der Waals surface area contributed by atoms with Crippen LogP contribution in [-0.4, -0.2) is 30.0 Å². The molecule has 0 atom stereocenters. The Labute approximate surface area is 155 Å². The first-order valence-corrected chi connectivity index (χ1v) is 8.30. The average molecular weight is 377 g/mol. The quantitative estimate of drug-likeness (QED) is 0.430. The molecule has 7 nitrogen and oxygen atoms in total. The minimum Gasteiger partial charge on any atom is -0.462 e. The topological polar surface area (TPSA) is 89.8 Å². The van der Waals surface area contributed by atoms with Crippen LogP contribution in [0.2, 0.25) is 5.02 Å². The van der Waals surface area contributed by atoms with Gasteiger partial charge in [-0.25, -0.2) is 4.79 Å². The van der Waals surface area contributed by atoms with Crippen molar-refractivity contribution in [3.8, 4) is 0 Å². The molecular weight excluding hydrogens is 360 g/mol. The van der Waals surface area contributed by atoms with Gasteiger partial charge in [-0.15, -0.1) is 0 Å². The fourth-order valence-electron chi connectivity index (χ4n) is 2.45. The zero-order chi connectivity index (χ0) is 19.3. The van der Waals surface area contributed by atoms with E-state index in [-0.39, 0.29) is 35.0 Å². The molecule has 0 unspecified atom stereocenters. The Morgan fingerprint density at radius 2 is 1.85 bits per heavy atom. The SMILES string of the molecule is CCOC(=O)c1ccccc1N(CC)C(=O)c1ccc([N+](=O)[O-])cc1Cl. The zero-order valence-electron chi connectivity index (χ0n) is 14.3. The van der Waals surface area contributed by atoms with E-state index in [1.807, 2.05) is 0 Å². The van der Waals surface area contributed by atoms with Crippen LogP contribution < -0.4 is 4.90 Å². The molecule has 0 aliphatic heterocycles. The molecule has 0 saturated heterocycles. The van der Waals surface area contributed by atoms with Crippen molar-refractivity contribution in [3.05, 3.63) is 68.7 Å². The van der Waals surface area contributed by atoms with Crippen molar-refractivity contribution in [2.75, 3.05) is 18.1 Å². The number of amides is 1. The molecule has 0 saturated carbocycles. The highest BCUT2D eigenvalue weighted by Gasteiger charge is 2.24. The predicted molar refractivity (Wildman–Crippen MR) is 97.9 cm³/mol. The molecule has 0 aliphatic rings. The lowest BCUT2D eigenvalue weighted by Gasteiger charge is -2.23. The number of nitrogens with zero attached hydrogens (tertiary/aromatic N) is 2. The maximum Gasteiger partial charge on any atom is 0.340 e. The fourth-order valence-corrected chi connectivity index (χ4v) is 2.71. The number of hydrogen-bond donors (Lipinski definition) is 0. The highest BCUT2D eigenvalue weighted by Crippen LogP contribution is 2.27. The van der Waals surface area contributed by atoms with Crippen LogP contribution in [0.5, 0.6) is 0 Å². The second kappa shape index (κ2) is 8.44. The summed E-state index contributed by atoms with van der Waals surface area (Å²) >= 11 is 6.07. The van der Waals surface area contributed by atoms with Gasteiger partial charge in [-0.05, 0) is 32.0 Å². The van der Waals surface area contributed by atoms with E-state index < -0.39 is 16.8 Å². The summed E-state index contributed by atoms with van der Waals surface area (Å²) in [5.74, 6) is -1.01. The third kappa shape index (κ3) is 4.00. The van der Waals surface area contributed by atoms with Gasteiger partial charge in [0.05, 0.1) is 33.4 Å². The molecule has 136 valence electrons. The number of esters is 1. The van der Waals surface area contributed by atoms with E-state index in [0.29, 0.717) is 5.69 Å². The number of anilines is 1. The van der Waals surface area contributed by atoms with Crippen LogP contribution in [0, 0.1) is 10.1 Å². The minimum atomic E-state index is -0.590. The summed E-state index contributed by atoms with van der Waals surface area (Å²) in [5, 5.41) is 10.8. The van der Waals surface area contributed by atoms with Gasteiger partial charge in [-0.2, -0.15) is 0 Å². The van der Waals surface area contributed by atoms with E-state index in [2.05, 4.69) is 0 Å². The van der Waals surface area contributed by atoms with E-state index >= 15 is 0 Å². The number of halogens is 1. The first kappa shape index (κ1) is 19.4. The summed E-state index contributed by atoms with van der Waals surface area (Å²) in [6.07, 6.45) is 0. The Morgan fingerprint density at radius 1 is 1.15 bits per heavy atom. The Hall–Kier alpha value is -2.93. The number of carbonyl (C=O) groups excluding carboxylic acids is 2. The van der Waals surface area contributed by atoms with Crippen molar-refractivity contribution in [3.63, 3.8) is 0 Å².